The Morgan fingerprint density at radius 3 is 2.75 bits per heavy atom. The number of pyridine rings is 3. The lowest BCUT2D eigenvalue weighted by atomic mass is 9.96. The zero-order valence-electron chi connectivity index (χ0n) is 15.4. The van der Waals surface area contributed by atoms with Crippen LogP contribution in [0.2, 0.25) is 0 Å². The molecule has 0 saturated carbocycles. The number of nitrogens with zero attached hydrogens (tertiary/aromatic N) is 3. The molecule has 136 valence electrons. The van der Waals surface area contributed by atoms with Gasteiger partial charge in [0.05, 0.1) is 22.7 Å². The third-order valence-corrected chi connectivity index (χ3v) is 4.70. The molecule has 4 aromatic rings. The van der Waals surface area contributed by atoms with Gasteiger partial charge in [0.15, 0.2) is 5.43 Å². The van der Waals surface area contributed by atoms with E-state index in [0.717, 1.165) is 22.3 Å². The zero-order valence-corrected chi connectivity index (χ0v) is 15.4. The number of H-pyrrole nitrogens is 1. The van der Waals surface area contributed by atoms with Gasteiger partial charge >= 0.3 is 0 Å². The van der Waals surface area contributed by atoms with Crippen LogP contribution in [-0.2, 0) is 0 Å². The SMILES string of the molecule is CNc1cc(-c2cc3c(=O)cc[nH]c3nc2-c2ccc(C)c(C#N)c2)ccn1. The monoisotopic (exact) mass is 367 g/mol. The molecule has 4 rings (SSSR count). The summed E-state index contributed by atoms with van der Waals surface area (Å²) in [6.45, 7) is 1.90. The molecule has 28 heavy (non-hydrogen) atoms. The van der Waals surface area contributed by atoms with E-state index in [-0.39, 0.29) is 5.43 Å². The molecule has 0 aliphatic carbocycles. The minimum absolute atomic E-state index is 0.0985. The zero-order chi connectivity index (χ0) is 19.7. The summed E-state index contributed by atoms with van der Waals surface area (Å²) in [6.07, 6.45) is 3.29. The Balaban J connectivity index is 2.06. The molecule has 0 aliphatic heterocycles. The van der Waals surface area contributed by atoms with Crippen LogP contribution in [0.5, 0.6) is 0 Å². The Morgan fingerprint density at radius 1 is 1.11 bits per heavy atom. The maximum absolute atomic E-state index is 12.4. The summed E-state index contributed by atoms with van der Waals surface area (Å²) in [6, 6.07) is 15.0. The van der Waals surface area contributed by atoms with Crippen LogP contribution in [0.25, 0.3) is 33.4 Å². The molecule has 2 N–H and O–H groups in total. The summed E-state index contributed by atoms with van der Waals surface area (Å²) in [5.74, 6) is 0.715. The van der Waals surface area contributed by atoms with Gasteiger partial charge in [-0.2, -0.15) is 5.26 Å². The maximum atomic E-state index is 12.4. The molecule has 0 atom stereocenters. The van der Waals surface area contributed by atoms with E-state index in [1.807, 2.05) is 43.3 Å². The summed E-state index contributed by atoms with van der Waals surface area (Å²) in [5.41, 5.74) is 5.10. The number of aryl methyl sites for hydroxylation is 1. The van der Waals surface area contributed by atoms with Crippen molar-refractivity contribution in [1.82, 2.24) is 15.0 Å². The predicted octanol–water partition coefficient (Wildman–Crippen LogP) is 3.87. The van der Waals surface area contributed by atoms with E-state index < -0.39 is 0 Å². The second kappa shape index (κ2) is 6.97. The van der Waals surface area contributed by atoms with Crippen LogP contribution in [0.15, 0.2) is 59.7 Å². The summed E-state index contributed by atoms with van der Waals surface area (Å²) in [5, 5.41) is 13.0. The molecule has 3 aromatic heterocycles. The number of anilines is 1. The number of aromatic nitrogens is 3. The lowest BCUT2D eigenvalue weighted by Crippen LogP contribution is -2.04. The Bertz CT molecular complexity index is 1300. The first-order valence-corrected chi connectivity index (χ1v) is 8.78. The molecular formula is C22H17N5O. The van der Waals surface area contributed by atoms with Crippen molar-refractivity contribution in [2.45, 2.75) is 6.92 Å². The summed E-state index contributed by atoms with van der Waals surface area (Å²) >= 11 is 0. The number of benzene rings is 1. The highest BCUT2D eigenvalue weighted by molar-refractivity contribution is 5.90. The maximum Gasteiger partial charge on any atom is 0.191 e. The van der Waals surface area contributed by atoms with Gasteiger partial charge < -0.3 is 10.3 Å². The molecule has 1 aromatic carbocycles. The fourth-order valence-electron chi connectivity index (χ4n) is 3.16. The molecule has 0 unspecified atom stereocenters. The average molecular weight is 367 g/mol. The Kier molecular flexibility index (Phi) is 4.34. The average Bonchev–Trinajstić information content (AvgIpc) is 2.73. The lowest BCUT2D eigenvalue weighted by molar-refractivity contribution is 1.26. The van der Waals surface area contributed by atoms with E-state index in [9.17, 15) is 10.1 Å². The minimum Gasteiger partial charge on any atom is -0.373 e. The smallest absolute Gasteiger partial charge is 0.191 e. The van der Waals surface area contributed by atoms with Crippen molar-refractivity contribution in [3.8, 4) is 28.5 Å². The van der Waals surface area contributed by atoms with Crippen molar-refractivity contribution < 1.29 is 0 Å². The van der Waals surface area contributed by atoms with Crippen molar-refractivity contribution >= 4 is 16.9 Å². The van der Waals surface area contributed by atoms with E-state index in [1.54, 1.807) is 19.4 Å². The second-order valence-electron chi connectivity index (χ2n) is 6.44. The molecule has 0 spiro atoms. The third-order valence-electron chi connectivity index (χ3n) is 4.70. The molecule has 3 heterocycles. The molecule has 6 nitrogen and oxygen atoms in total. The van der Waals surface area contributed by atoms with E-state index in [4.69, 9.17) is 4.98 Å². The highest BCUT2D eigenvalue weighted by Crippen LogP contribution is 2.33. The van der Waals surface area contributed by atoms with Crippen molar-refractivity contribution in [2.24, 2.45) is 0 Å². The Morgan fingerprint density at radius 2 is 1.96 bits per heavy atom. The van der Waals surface area contributed by atoms with Crippen LogP contribution in [0, 0.1) is 18.3 Å². The molecule has 0 amide bonds. The van der Waals surface area contributed by atoms with Gasteiger partial charge in [-0.15, -0.1) is 0 Å². The first-order valence-electron chi connectivity index (χ1n) is 8.78. The Labute approximate surface area is 161 Å². The van der Waals surface area contributed by atoms with Crippen molar-refractivity contribution in [3.05, 3.63) is 76.2 Å². The summed E-state index contributed by atoms with van der Waals surface area (Å²) in [7, 11) is 1.80. The number of aromatic amines is 1. The van der Waals surface area contributed by atoms with Crippen LogP contribution < -0.4 is 10.7 Å². The van der Waals surface area contributed by atoms with Crippen LogP contribution in [0.1, 0.15) is 11.1 Å². The molecule has 0 saturated heterocycles. The highest BCUT2D eigenvalue weighted by atomic mass is 16.1. The summed E-state index contributed by atoms with van der Waals surface area (Å²) < 4.78 is 0. The number of nitriles is 1. The molecular weight excluding hydrogens is 350 g/mol. The second-order valence-corrected chi connectivity index (χ2v) is 6.44. The number of nitrogens with one attached hydrogen (secondary N) is 2. The molecule has 0 aliphatic rings. The van der Waals surface area contributed by atoms with Crippen LogP contribution in [-0.4, -0.2) is 22.0 Å². The highest BCUT2D eigenvalue weighted by Gasteiger charge is 2.15. The van der Waals surface area contributed by atoms with Gasteiger partial charge in [0.25, 0.3) is 0 Å². The van der Waals surface area contributed by atoms with Gasteiger partial charge in [-0.25, -0.2) is 9.97 Å². The topological polar surface area (TPSA) is 94.5 Å². The van der Waals surface area contributed by atoms with Gasteiger partial charge in [-0.3, -0.25) is 4.79 Å². The van der Waals surface area contributed by atoms with Gasteiger partial charge in [0.2, 0.25) is 0 Å². The first-order chi connectivity index (χ1) is 13.6. The number of hydrogen-bond donors (Lipinski definition) is 2. The van der Waals surface area contributed by atoms with Crippen molar-refractivity contribution in [1.29, 1.82) is 5.26 Å². The molecule has 0 radical (unpaired) electrons. The van der Waals surface area contributed by atoms with E-state index >= 15 is 0 Å². The van der Waals surface area contributed by atoms with E-state index in [2.05, 4.69) is 21.4 Å². The number of hydrogen-bond acceptors (Lipinski definition) is 5. The predicted molar refractivity (Wildman–Crippen MR) is 110 cm³/mol. The van der Waals surface area contributed by atoms with Gasteiger partial charge in [0, 0.05) is 36.6 Å². The third kappa shape index (κ3) is 2.99. The van der Waals surface area contributed by atoms with Gasteiger partial charge in [-0.05, 0) is 42.3 Å². The fraction of sp³-hybridized carbons (Fsp3) is 0.0909. The molecule has 0 bridgehead atoms. The number of fused-ring (bicyclic) bond motifs is 1. The van der Waals surface area contributed by atoms with Gasteiger partial charge in [-0.1, -0.05) is 12.1 Å². The largest absolute Gasteiger partial charge is 0.373 e. The number of rotatable bonds is 3. The first kappa shape index (κ1) is 17.4. The fourth-order valence-corrected chi connectivity index (χ4v) is 3.16. The van der Waals surface area contributed by atoms with Gasteiger partial charge in [0.1, 0.15) is 11.5 Å². The normalized spacial score (nSPS) is 10.6. The van der Waals surface area contributed by atoms with Crippen LogP contribution in [0.3, 0.4) is 0 Å². The standard InChI is InChI=1S/C22H17N5O/c1-13-3-4-15(9-16(13)12-23)21-17(14-5-7-25-20(10-14)24-2)11-18-19(28)6-8-26-22(18)27-21/h3-11H,1-2H3,(H,24,25)(H,26,27,28). The lowest BCUT2D eigenvalue weighted by Gasteiger charge is -2.13. The summed E-state index contributed by atoms with van der Waals surface area (Å²) in [4.78, 5) is 24.4. The van der Waals surface area contributed by atoms with Crippen molar-refractivity contribution in [2.75, 3.05) is 12.4 Å². The van der Waals surface area contributed by atoms with Crippen LogP contribution >= 0.6 is 0 Å². The molecule has 0 fully saturated rings. The quantitative estimate of drug-likeness (QED) is 0.573. The Hall–Kier alpha value is -3.98. The minimum atomic E-state index is -0.0985. The van der Waals surface area contributed by atoms with Crippen LogP contribution in [0.4, 0.5) is 5.82 Å². The van der Waals surface area contributed by atoms with Crippen molar-refractivity contribution in [3.63, 3.8) is 0 Å². The van der Waals surface area contributed by atoms with E-state index in [0.29, 0.717) is 28.1 Å². The van der Waals surface area contributed by atoms with E-state index in [1.165, 1.54) is 6.07 Å². The molecule has 6 heteroatoms.